The molecule has 3 aliphatic carbocycles. The quantitative estimate of drug-likeness (QED) is 0.0388. The minimum absolute atomic E-state index is 0.00206. The molecule has 0 fully saturated rings. The smallest absolute Gasteiger partial charge is 0.408 e. The molecule has 122 heavy (non-hydrogen) atoms. The van der Waals surface area contributed by atoms with E-state index < -0.39 is 63.3 Å². The molecule has 39 heteroatoms. The van der Waals surface area contributed by atoms with Gasteiger partial charge in [0.25, 0.3) is 63.0 Å². The molecule has 17 rings (SSSR count). The van der Waals surface area contributed by atoms with Gasteiger partial charge in [0, 0.05) is 80.9 Å². The Morgan fingerprint density at radius 1 is 0.492 bits per heavy atom. The van der Waals surface area contributed by atoms with E-state index in [1.807, 2.05) is 57.2 Å². The summed E-state index contributed by atoms with van der Waals surface area (Å²) in [6.45, 7) is 10.9. The van der Waals surface area contributed by atoms with Crippen molar-refractivity contribution >= 4 is 91.4 Å². The highest BCUT2D eigenvalue weighted by Crippen LogP contribution is 2.39. The average Bonchev–Trinajstić information content (AvgIpc) is 1.63. The van der Waals surface area contributed by atoms with Gasteiger partial charge in [-0.3, -0.25) is 52.7 Å². The first-order valence-electron chi connectivity index (χ1n) is 38.5. The number of ketones is 3. The van der Waals surface area contributed by atoms with Gasteiger partial charge in [-0.2, -0.15) is 69.7 Å². The Balaban J connectivity index is 0.000000142. The van der Waals surface area contributed by atoms with Gasteiger partial charge in [-0.25, -0.2) is 24.9 Å². The molecule has 0 radical (unpaired) electrons. The summed E-state index contributed by atoms with van der Waals surface area (Å²) in [6.07, 6.45) is 4.84. The fourth-order valence-corrected chi connectivity index (χ4v) is 16.6. The number of nitrogens with one attached hydrogen (secondary N) is 6. The van der Waals surface area contributed by atoms with Gasteiger partial charge >= 0.3 is 11.9 Å². The maximum Gasteiger partial charge on any atom is 0.433 e. The zero-order valence-electron chi connectivity index (χ0n) is 66.5. The van der Waals surface area contributed by atoms with Crippen LogP contribution in [0.25, 0.3) is 28.4 Å². The lowest BCUT2D eigenvalue weighted by atomic mass is 9.96. The van der Waals surface area contributed by atoms with Crippen molar-refractivity contribution in [1.82, 2.24) is 105 Å². The minimum Gasteiger partial charge on any atom is -0.408 e. The standard InChI is InChI=1S/C29H30N8O5S.C28H25N7O5.C26H22F3N7O3/c1-16-21(17(2)38)5-6-23-22(16)7-8-24(23)34-28(40)26-12-25(35-29-32-15-33-37(26)29)27(39)31-13-18-3-4-19-9-10-36(43(30,41)42)14-20(19)11-18;1-14-17(15(2)36)5-6-19-18(14)7-8-20(19)32-26(38)23-11-21(33-27-30-13-31-35(23)27)25(37)29-12-16-4-9-24-22(10-16)34(3)28(39)40-24;1-13-16(14(2)37)3-4-18-17(13)5-6-19(18)34-24(39)21-10-20(35-25-32-12-33-36(21)25)23(38)31-11-15-7-8-30-22(9-15)26(27,28)29/h3-6,11-12,15,24H,7-10,13-14H2,1-2H3,(H,31,39)(H,34,40)(H2,30,41,42);4-6,9-11,13,20H,7-8,12H2,1-3H3,(H,29,37)(H,32,38);3-4,7-10,12,19H,5-6,11H2,1-2H3,(H,31,38)(H,34,39)/t24-;20-;19-/m000/s1. The fourth-order valence-electron chi connectivity index (χ4n) is 16.0. The number of amides is 6. The van der Waals surface area contributed by atoms with Gasteiger partial charge in [-0.05, 0) is 189 Å². The molecule has 0 unspecified atom stereocenters. The number of carbonyl (C=O) groups excluding carboxylic acids is 9. The summed E-state index contributed by atoms with van der Waals surface area (Å²) in [5.74, 6) is -3.36. The Labute approximate surface area is 690 Å². The van der Waals surface area contributed by atoms with Gasteiger partial charge in [0.1, 0.15) is 58.8 Å². The Hall–Kier alpha value is -14.3. The second-order valence-corrected chi connectivity index (χ2v) is 31.4. The predicted octanol–water partition coefficient (Wildman–Crippen LogP) is 7.37. The van der Waals surface area contributed by atoms with Crippen LogP contribution in [0.15, 0.2) is 138 Å². The third-order valence-corrected chi connectivity index (χ3v) is 23.3. The van der Waals surface area contributed by atoms with Crippen molar-refractivity contribution in [1.29, 1.82) is 0 Å². The Morgan fingerprint density at radius 2 is 0.885 bits per heavy atom. The van der Waals surface area contributed by atoms with Crippen molar-refractivity contribution in [3.8, 4) is 0 Å². The molecule has 0 saturated heterocycles. The van der Waals surface area contributed by atoms with Gasteiger partial charge < -0.3 is 36.3 Å². The molecule has 4 aliphatic rings. The van der Waals surface area contributed by atoms with Gasteiger partial charge in [-0.15, -0.1) is 0 Å². The van der Waals surface area contributed by atoms with Crippen molar-refractivity contribution in [3.05, 3.63) is 273 Å². The van der Waals surface area contributed by atoms with E-state index >= 15 is 0 Å². The van der Waals surface area contributed by atoms with Crippen molar-refractivity contribution in [2.24, 2.45) is 12.2 Å². The number of rotatable bonds is 19. The molecule has 35 nitrogen and oxygen atoms in total. The number of nitrogens with two attached hydrogens (primary N) is 1. The first kappa shape index (κ1) is 82.7. The summed E-state index contributed by atoms with van der Waals surface area (Å²) in [5, 5.41) is 34.8. The van der Waals surface area contributed by atoms with Crippen LogP contribution in [-0.2, 0) is 75.3 Å². The van der Waals surface area contributed by atoms with Gasteiger partial charge in [-0.1, -0.05) is 60.7 Å². The highest BCUT2D eigenvalue weighted by atomic mass is 32.2. The Kier molecular flexibility index (Phi) is 22.7. The van der Waals surface area contributed by atoms with Gasteiger partial charge in [0.05, 0.1) is 23.6 Å². The molecule has 5 aromatic carbocycles. The van der Waals surface area contributed by atoms with E-state index in [9.17, 15) is 69.5 Å². The summed E-state index contributed by atoms with van der Waals surface area (Å²) in [6, 6.07) is 27.2. The van der Waals surface area contributed by atoms with Crippen molar-refractivity contribution < 1.29 is 69.2 Å². The molecule has 8 aromatic heterocycles. The number of halogens is 3. The third kappa shape index (κ3) is 16.9. The lowest BCUT2D eigenvalue weighted by Crippen LogP contribution is -2.40. The topological polar surface area (TPSA) is 466 Å². The van der Waals surface area contributed by atoms with Crippen LogP contribution >= 0.6 is 0 Å². The monoisotopic (exact) mass is 1680 g/mol. The summed E-state index contributed by atoms with van der Waals surface area (Å²) >= 11 is 0. The SMILES string of the molecule is CC(=O)c1ccc2c(c1C)CC[C@@H]2NC(=O)c1cc(C(=O)NCc2ccc3c(c2)CN(S(N)(=O)=O)CC3)nc2ncnn12.CC(=O)c1ccc2c(c1C)CC[C@@H]2NC(=O)c1cc(C(=O)NCc2ccc3oc(=O)n(C)c3c2)nc2ncnn12.CC(=O)c1ccc2c(c1C)CC[C@@H]2NC(=O)c1cc(C(=O)NCc2ccnc(C(F)(F)F)c2)nc2ncnn12. The predicted molar refractivity (Wildman–Crippen MR) is 429 cm³/mol. The Morgan fingerprint density at radius 3 is 1.28 bits per heavy atom. The van der Waals surface area contributed by atoms with E-state index in [4.69, 9.17) is 9.56 Å². The number of oxazole rings is 1. The minimum atomic E-state index is -4.61. The van der Waals surface area contributed by atoms with Gasteiger partial charge in [0.2, 0.25) is 0 Å². The first-order chi connectivity index (χ1) is 58.2. The highest BCUT2D eigenvalue weighted by Gasteiger charge is 2.36. The zero-order chi connectivity index (χ0) is 86.5. The fraction of sp³-hybridized carbons (Fsp3) is 0.277. The zero-order valence-corrected chi connectivity index (χ0v) is 67.3. The maximum absolute atomic E-state index is 13.5. The number of hydrogen-bond acceptors (Lipinski definition) is 23. The number of alkyl halides is 3. The number of pyridine rings is 1. The molecule has 624 valence electrons. The number of aryl methyl sites for hydroxylation is 1. The molecule has 1 aliphatic heterocycles. The number of Topliss-reactive ketones (excluding diaryl/α,β-unsaturated/α-hetero) is 3. The second kappa shape index (κ2) is 33.5. The number of hydrogen-bond donors (Lipinski definition) is 7. The van der Waals surface area contributed by atoms with Crippen LogP contribution in [0.3, 0.4) is 0 Å². The van der Waals surface area contributed by atoms with Crippen LogP contribution in [-0.4, -0.2) is 140 Å². The number of carbonyl (C=O) groups is 9. The number of nitrogens with zero attached hydrogens (tertiary/aromatic N) is 15. The molecule has 8 N–H and O–H groups in total. The molecule has 0 spiro atoms. The van der Waals surface area contributed by atoms with Crippen LogP contribution in [0.5, 0.6) is 0 Å². The van der Waals surface area contributed by atoms with Crippen LogP contribution in [0.1, 0.15) is 236 Å². The van der Waals surface area contributed by atoms with Crippen LogP contribution in [0, 0.1) is 20.8 Å². The summed E-state index contributed by atoms with van der Waals surface area (Å²) in [5.41, 5.74) is 14.5. The normalized spacial score (nSPS) is 15.3. The maximum atomic E-state index is 13.5. The highest BCUT2D eigenvalue weighted by molar-refractivity contribution is 7.86. The van der Waals surface area contributed by atoms with Crippen molar-refractivity contribution in [2.45, 2.75) is 137 Å². The molecule has 0 saturated carbocycles. The average molecular weight is 1680 g/mol. The lowest BCUT2D eigenvalue weighted by Gasteiger charge is -2.26. The first-order valence-corrected chi connectivity index (χ1v) is 40.0. The molecular formula is C83H77F3N22O13S. The molecular weight excluding hydrogens is 1600 g/mol. The van der Waals surface area contributed by atoms with E-state index in [0.29, 0.717) is 66.4 Å². The lowest BCUT2D eigenvalue weighted by molar-refractivity contribution is -0.141. The number of benzene rings is 5. The van der Waals surface area contributed by atoms with Crippen LogP contribution in [0.4, 0.5) is 13.2 Å². The van der Waals surface area contributed by atoms with E-state index in [-0.39, 0.29) is 119 Å². The van der Waals surface area contributed by atoms with Crippen LogP contribution in [0.2, 0.25) is 0 Å². The molecule has 9 heterocycles. The molecule has 0 bridgehead atoms. The van der Waals surface area contributed by atoms with Crippen molar-refractivity contribution in [3.63, 3.8) is 0 Å². The largest absolute Gasteiger partial charge is 0.433 e. The second-order valence-electron chi connectivity index (χ2n) is 29.8. The summed E-state index contributed by atoms with van der Waals surface area (Å²) in [7, 11) is -2.19. The van der Waals surface area contributed by atoms with E-state index in [1.165, 1.54) is 72.6 Å². The van der Waals surface area contributed by atoms with E-state index in [0.717, 1.165) is 97.4 Å². The number of aromatic nitrogens is 14. The van der Waals surface area contributed by atoms with Crippen molar-refractivity contribution in [2.75, 3.05) is 6.54 Å². The molecule has 6 amide bonds. The number of fused-ring (bicyclic) bond motifs is 8. The van der Waals surface area contributed by atoms with E-state index in [1.54, 1.807) is 57.3 Å². The summed E-state index contributed by atoms with van der Waals surface area (Å²) < 4.78 is 73.9. The third-order valence-electron chi connectivity index (χ3n) is 22.2. The van der Waals surface area contributed by atoms with Gasteiger partial charge in [0.15, 0.2) is 22.9 Å². The Bertz CT molecular complexity index is 6730. The van der Waals surface area contributed by atoms with E-state index in [2.05, 4.69) is 82.1 Å². The molecule has 13 aromatic rings. The molecule has 3 atom stereocenters. The van der Waals surface area contributed by atoms with Crippen LogP contribution < -0.4 is 42.8 Å². The summed E-state index contributed by atoms with van der Waals surface area (Å²) in [4.78, 5) is 155.